The first kappa shape index (κ1) is 22.9. The van der Waals surface area contributed by atoms with Crippen LogP contribution in [0, 0.1) is 0 Å². The van der Waals surface area contributed by atoms with Crippen LogP contribution < -0.4 is 10.6 Å². The molecule has 0 fully saturated rings. The SMILES string of the molecule is [B]C(C)NCCOC(C)(C)CCOC(C)(C)CCNC(C)(C)C. The van der Waals surface area contributed by atoms with Gasteiger partial charge in [-0.15, -0.1) is 0 Å². The Morgan fingerprint density at radius 2 is 1.35 bits per heavy atom. The maximum absolute atomic E-state index is 6.07. The summed E-state index contributed by atoms with van der Waals surface area (Å²) in [5.74, 6) is 0.00699. The highest BCUT2D eigenvalue weighted by molar-refractivity contribution is 6.11. The van der Waals surface area contributed by atoms with E-state index in [2.05, 4.69) is 59.1 Å². The fourth-order valence-electron chi connectivity index (χ4n) is 2.07. The van der Waals surface area contributed by atoms with Crippen molar-refractivity contribution in [2.24, 2.45) is 0 Å². The number of rotatable bonds is 12. The molecule has 2 radical (unpaired) electrons. The van der Waals surface area contributed by atoms with E-state index in [9.17, 15) is 0 Å². The highest BCUT2D eigenvalue weighted by Crippen LogP contribution is 2.19. The largest absolute Gasteiger partial charge is 0.375 e. The summed E-state index contributed by atoms with van der Waals surface area (Å²) in [5.41, 5.74) is -0.148. The van der Waals surface area contributed by atoms with E-state index in [1.54, 1.807) is 0 Å². The van der Waals surface area contributed by atoms with Crippen LogP contribution in [-0.2, 0) is 9.47 Å². The van der Waals surface area contributed by atoms with E-state index in [1.165, 1.54) is 0 Å². The van der Waals surface area contributed by atoms with Gasteiger partial charge in [0.05, 0.1) is 32.3 Å². The minimum absolute atomic E-state index is 0.00699. The Balaban J connectivity index is 3.91. The normalized spacial score (nSPS) is 15.0. The molecule has 0 rings (SSSR count). The van der Waals surface area contributed by atoms with Crippen LogP contribution in [0.2, 0.25) is 0 Å². The van der Waals surface area contributed by atoms with Crippen molar-refractivity contribution in [1.29, 1.82) is 0 Å². The molecule has 0 saturated carbocycles. The van der Waals surface area contributed by atoms with Gasteiger partial charge in [-0.2, -0.15) is 0 Å². The van der Waals surface area contributed by atoms with Crippen molar-refractivity contribution >= 4 is 7.85 Å². The Kier molecular flexibility index (Phi) is 9.98. The highest BCUT2D eigenvalue weighted by Gasteiger charge is 2.23. The lowest BCUT2D eigenvalue weighted by Crippen LogP contribution is -2.40. The van der Waals surface area contributed by atoms with Crippen molar-refractivity contribution in [3.05, 3.63) is 0 Å². The minimum Gasteiger partial charge on any atom is -0.375 e. The lowest BCUT2D eigenvalue weighted by atomic mass is 9.99. The van der Waals surface area contributed by atoms with Crippen LogP contribution >= 0.6 is 0 Å². The molecule has 23 heavy (non-hydrogen) atoms. The zero-order valence-electron chi connectivity index (χ0n) is 16.7. The lowest BCUT2D eigenvalue weighted by Gasteiger charge is -2.31. The van der Waals surface area contributed by atoms with Crippen molar-refractivity contribution in [1.82, 2.24) is 10.6 Å². The summed E-state index contributed by atoms with van der Waals surface area (Å²) in [7, 11) is 5.65. The van der Waals surface area contributed by atoms with E-state index < -0.39 is 0 Å². The zero-order chi connectivity index (χ0) is 18.1. The Hall–Kier alpha value is -0.0951. The molecule has 0 aromatic rings. The summed E-state index contributed by atoms with van der Waals surface area (Å²) in [6, 6.07) is 0. The van der Waals surface area contributed by atoms with Crippen molar-refractivity contribution < 1.29 is 9.47 Å². The summed E-state index contributed by atoms with van der Waals surface area (Å²) >= 11 is 0. The first-order chi connectivity index (χ1) is 10.3. The summed E-state index contributed by atoms with van der Waals surface area (Å²) in [6.45, 7) is 20.1. The van der Waals surface area contributed by atoms with Gasteiger partial charge >= 0.3 is 0 Å². The van der Waals surface area contributed by atoms with Gasteiger partial charge in [0.25, 0.3) is 0 Å². The predicted octanol–water partition coefficient (Wildman–Crippen LogP) is 2.85. The molecule has 136 valence electrons. The smallest absolute Gasteiger partial charge is 0.0902 e. The van der Waals surface area contributed by atoms with Crippen molar-refractivity contribution in [3.8, 4) is 0 Å². The quantitative estimate of drug-likeness (QED) is 0.427. The van der Waals surface area contributed by atoms with Gasteiger partial charge in [-0.1, -0.05) is 6.92 Å². The Labute approximate surface area is 145 Å². The van der Waals surface area contributed by atoms with Crippen LogP contribution in [0.5, 0.6) is 0 Å². The van der Waals surface area contributed by atoms with E-state index in [0.29, 0.717) is 13.2 Å². The van der Waals surface area contributed by atoms with Gasteiger partial charge in [-0.3, -0.25) is 0 Å². The van der Waals surface area contributed by atoms with E-state index in [0.717, 1.165) is 25.9 Å². The molecule has 1 atom stereocenters. The number of hydrogen-bond donors (Lipinski definition) is 2. The standard InChI is InChI=1S/C18H39BN2O2/c1-15(19)20-12-14-23-18(7,8)10-13-22-17(5,6)9-11-21-16(2,3)4/h15,20-21H,9-14H2,1-8H3. The van der Waals surface area contributed by atoms with Gasteiger partial charge in [0.1, 0.15) is 0 Å². The average Bonchev–Trinajstić information content (AvgIpc) is 2.32. The van der Waals surface area contributed by atoms with Crippen LogP contribution in [0.15, 0.2) is 0 Å². The second kappa shape index (κ2) is 10.0. The molecule has 0 saturated heterocycles. The molecule has 0 aromatic carbocycles. The molecule has 0 spiro atoms. The van der Waals surface area contributed by atoms with E-state index in [1.807, 2.05) is 6.92 Å². The molecule has 0 aliphatic heterocycles. The summed E-state index contributed by atoms with van der Waals surface area (Å²) in [6.07, 6.45) is 1.87. The third-order valence-electron chi connectivity index (χ3n) is 3.64. The van der Waals surface area contributed by atoms with Crippen LogP contribution in [0.1, 0.15) is 68.2 Å². The number of ether oxygens (including phenoxy) is 2. The Morgan fingerprint density at radius 3 is 1.87 bits per heavy atom. The monoisotopic (exact) mass is 326 g/mol. The Bertz CT molecular complexity index is 313. The molecule has 0 heterocycles. The molecular formula is C18H39BN2O2. The summed E-state index contributed by atoms with van der Waals surface area (Å²) < 4.78 is 12.0. The molecular weight excluding hydrogens is 287 g/mol. The first-order valence-corrected chi connectivity index (χ1v) is 8.85. The molecule has 2 N–H and O–H groups in total. The molecule has 0 amide bonds. The average molecular weight is 326 g/mol. The first-order valence-electron chi connectivity index (χ1n) is 8.85. The van der Waals surface area contributed by atoms with Crippen LogP contribution in [0.3, 0.4) is 0 Å². The summed E-state index contributed by atoms with van der Waals surface area (Å²) in [4.78, 5) is 0. The van der Waals surface area contributed by atoms with Crippen molar-refractivity contribution in [3.63, 3.8) is 0 Å². The lowest BCUT2D eigenvalue weighted by molar-refractivity contribution is -0.0734. The van der Waals surface area contributed by atoms with Gasteiger partial charge in [0, 0.05) is 12.1 Å². The second-order valence-corrected chi connectivity index (χ2v) is 8.64. The van der Waals surface area contributed by atoms with Crippen LogP contribution in [-0.4, -0.2) is 56.8 Å². The fourth-order valence-corrected chi connectivity index (χ4v) is 2.07. The van der Waals surface area contributed by atoms with Gasteiger partial charge in [0.2, 0.25) is 0 Å². The zero-order valence-corrected chi connectivity index (χ0v) is 16.7. The van der Waals surface area contributed by atoms with E-state index in [4.69, 9.17) is 17.3 Å². The Morgan fingerprint density at radius 1 is 0.826 bits per heavy atom. The predicted molar refractivity (Wildman–Crippen MR) is 100 cm³/mol. The maximum Gasteiger partial charge on any atom is 0.0902 e. The molecule has 0 aliphatic carbocycles. The molecule has 0 aromatic heterocycles. The summed E-state index contributed by atoms with van der Waals surface area (Å²) in [5, 5.41) is 6.65. The topological polar surface area (TPSA) is 42.5 Å². The molecule has 4 nitrogen and oxygen atoms in total. The van der Waals surface area contributed by atoms with Gasteiger partial charge in [-0.05, 0) is 73.8 Å². The second-order valence-electron chi connectivity index (χ2n) is 8.64. The van der Waals surface area contributed by atoms with Crippen LogP contribution in [0.4, 0.5) is 0 Å². The molecule has 0 bridgehead atoms. The van der Waals surface area contributed by atoms with E-state index >= 15 is 0 Å². The van der Waals surface area contributed by atoms with Crippen LogP contribution in [0.25, 0.3) is 0 Å². The fraction of sp³-hybridized carbons (Fsp3) is 1.00. The highest BCUT2D eigenvalue weighted by atomic mass is 16.5. The maximum atomic E-state index is 6.07. The van der Waals surface area contributed by atoms with Crippen molar-refractivity contribution in [2.75, 3.05) is 26.3 Å². The molecule has 5 heteroatoms. The van der Waals surface area contributed by atoms with Gasteiger partial charge in [0.15, 0.2) is 0 Å². The number of hydrogen-bond acceptors (Lipinski definition) is 4. The molecule has 0 aliphatic rings. The molecule has 1 unspecified atom stereocenters. The van der Waals surface area contributed by atoms with Gasteiger partial charge < -0.3 is 20.1 Å². The van der Waals surface area contributed by atoms with Gasteiger partial charge in [-0.25, -0.2) is 0 Å². The third kappa shape index (κ3) is 15.2. The van der Waals surface area contributed by atoms with Crippen molar-refractivity contribution in [2.45, 2.75) is 90.9 Å². The third-order valence-corrected chi connectivity index (χ3v) is 3.64. The van der Waals surface area contributed by atoms with E-state index in [-0.39, 0.29) is 22.7 Å². The number of nitrogens with one attached hydrogen (secondary N) is 2. The minimum atomic E-state index is -0.181.